The molecular weight excluding hydrogens is 218 g/mol. The van der Waals surface area contributed by atoms with E-state index in [4.69, 9.17) is 5.73 Å². The summed E-state index contributed by atoms with van der Waals surface area (Å²) >= 11 is 0. The second-order valence-electron chi connectivity index (χ2n) is 4.40. The smallest absolute Gasteiger partial charge is 0.259 e. The highest BCUT2D eigenvalue weighted by molar-refractivity contribution is 5.98. The lowest BCUT2D eigenvalue weighted by molar-refractivity contribution is 0.0680. The molecule has 1 heterocycles. The van der Waals surface area contributed by atoms with Crippen molar-refractivity contribution in [2.75, 3.05) is 32.9 Å². The number of carbonyl (C=O) groups is 1. The van der Waals surface area contributed by atoms with Crippen LogP contribution in [-0.2, 0) is 0 Å². The van der Waals surface area contributed by atoms with Crippen molar-refractivity contribution in [3.63, 3.8) is 0 Å². The monoisotopic (exact) mass is 239 g/mol. The highest BCUT2D eigenvalue weighted by atomic mass is 16.2. The number of hydrogen-bond acceptors (Lipinski definition) is 4. The number of amides is 1. The topological polar surface area (TPSA) is 78.2 Å². The fraction of sp³-hybridized carbons (Fsp3) is 0.636. The van der Waals surface area contributed by atoms with Crippen molar-refractivity contribution in [2.45, 2.75) is 19.9 Å². The molecule has 96 valence electrons. The number of likely N-dealkylation sites (N-methyl/N-ethyl adjacent to an activating group) is 2. The molecule has 1 atom stereocenters. The first-order valence-electron chi connectivity index (χ1n) is 5.71. The SMILES string of the molecule is CCN(C(=O)c1cn[nH]c1N)C(C)CN(C)C. The minimum atomic E-state index is -0.0758. The van der Waals surface area contributed by atoms with Crippen LogP contribution in [0.15, 0.2) is 6.20 Å². The number of H-pyrrole nitrogens is 1. The Hall–Kier alpha value is -1.56. The first-order chi connectivity index (χ1) is 7.97. The summed E-state index contributed by atoms with van der Waals surface area (Å²) in [7, 11) is 3.97. The van der Waals surface area contributed by atoms with Gasteiger partial charge in [0.05, 0.1) is 6.20 Å². The number of anilines is 1. The predicted octanol–water partition coefficient (Wildman–Crippen LogP) is 0.404. The third-order valence-electron chi connectivity index (χ3n) is 2.66. The highest BCUT2D eigenvalue weighted by Gasteiger charge is 2.22. The van der Waals surface area contributed by atoms with Gasteiger partial charge >= 0.3 is 0 Å². The number of nitrogen functional groups attached to an aromatic ring is 1. The molecule has 1 unspecified atom stereocenters. The average molecular weight is 239 g/mol. The van der Waals surface area contributed by atoms with Gasteiger partial charge in [-0.15, -0.1) is 0 Å². The fourth-order valence-electron chi connectivity index (χ4n) is 1.90. The number of nitrogens with one attached hydrogen (secondary N) is 1. The summed E-state index contributed by atoms with van der Waals surface area (Å²) in [5.74, 6) is 0.249. The van der Waals surface area contributed by atoms with Crippen LogP contribution in [0, 0.1) is 0 Å². The summed E-state index contributed by atoms with van der Waals surface area (Å²) in [6.07, 6.45) is 1.47. The van der Waals surface area contributed by atoms with Crippen LogP contribution in [0.2, 0.25) is 0 Å². The Morgan fingerprint density at radius 1 is 1.59 bits per heavy atom. The quantitative estimate of drug-likeness (QED) is 0.780. The highest BCUT2D eigenvalue weighted by Crippen LogP contribution is 2.12. The van der Waals surface area contributed by atoms with E-state index in [1.807, 2.05) is 27.9 Å². The molecule has 0 radical (unpaired) electrons. The van der Waals surface area contributed by atoms with Gasteiger partial charge in [-0.2, -0.15) is 5.10 Å². The third kappa shape index (κ3) is 3.20. The van der Waals surface area contributed by atoms with Crippen molar-refractivity contribution < 1.29 is 4.79 Å². The van der Waals surface area contributed by atoms with Crippen molar-refractivity contribution in [3.8, 4) is 0 Å². The van der Waals surface area contributed by atoms with Gasteiger partial charge in [0.15, 0.2) is 0 Å². The Labute approximate surface area is 102 Å². The third-order valence-corrected chi connectivity index (χ3v) is 2.66. The zero-order valence-corrected chi connectivity index (χ0v) is 10.9. The van der Waals surface area contributed by atoms with Crippen LogP contribution in [0.25, 0.3) is 0 Å². The van der Waals surface area contributed by atoms with Crippen LogP contribution in [0.1, 0.15) is 24.2 Å². The minimum absolute atomic E-state index is 0.0758. The van der Waals surface area contributed by atoms with Crippen molar-refractivity contribution in [1.29, 1.82) is 0 Å². The van der Waals surface area contributed by atoms with Crippen molar-refractivity contribution in [1.82, 2.24) is 20.0 Å². The normalized spacial score (nSPS) is 12.8. The van der Waals surface area contributed by atoms with E-state index < -0.39 is 0 Å². The van der Waals surface area contributed by atoms with E-state index in [9.17, 15) is 4.79 Å². The summed E-state index contributed by atoms with van der Waals surface area (Å²) in [5.41, 5.74) is 6.10. The molecular formula is C11H21N5O. The molecule has 1 amide bonds. The molecule has 0 saturated carbocycles. The van der Waals surface area contributed by atoms with E-state index in [-0.39, 0.29) is 11.9 Å². The maximum absolute atomic E-state index is 12.2. The van der Waals surface area contributed by atoms with Crippen molar-refractivity contribution in [2.24, 2.45) is 0 Å². The number of nitrogens with zero attached hydrogens (tertiary/aromatic N) is 3. The Kier molecular flexibility index (Phi) is 4.51. The lowest BCUT2D eigenvalue weighted by atomic mass is 10.2. The standard InChI is InChI=1S/C11H21N5O/c1-5-16(8(2)7-15(3)4)11(17)9-6-13-14-10(9)12/h6,8H,5,7H2,1-4H3,(H3,12,13,14). The number of aromatic amines is 1. The Morgan fingerprint density at radius 2 is 2.24 bits per heavy atom. The van der Waals surface area contributed by atoms with Crippen LogP contribution in [-0.4, -0.2) is 59.1 Å². The molecule has 0 aliphatic rings. The minimum Gasteiger partial charge on any atom is -0.383 e. The molecule has 17 heavy (non-hydrogen) atoms. The Balaban J connectivity index is 2.81. The van der Waals surface area contributed by atoms with Gasteiger partial charge < -0.3 is 15.5 Å². The van der Waals surface area contributed by atoms with Crippen molar-refractivity contribution in [3.05, 3.63) is 11.8 Å². The van der Waals surface area contributed by atoms with E-state index >= 15 is 0 Å². The van der Waals surface area contributed by atoms with Gasteiger partial charge in [-0.25, -0.2) is 0 Å². The van der Waals surface area contributed by atoms with E-state index in [1.165, 1.54) is 6.20 Å². The van der Waals surface area contributed by atoms with Crippen LogP contribution in [0.5, 0.6) is 0 Å². The average Bonchev–Trinajstić information content (AvgIpc) is 2.64. The fourth-order valence-corrected chi connectivity index (χ4v) is 1.90. The molecule has 0 aliphatic carbocycles. The van der Waals surface area contributed by atoms with Crippen LogP contribution in [0.4, 0.5) is 5.82 Å². The van der Waals surface area contributed by atoms with Gasteiger partial charge in [-0.1, -0.05) is 0 Å². The predicted molar refractivity (Wildman–Crippen MR) is 67.7 cm³/mol. The maximum Gasteiger partial charge on any atom is 0.259 e. The molecule has 0 saturated heterocycles. The van der Waals surface area contributed by atoms with Gasteiger partial charge in [-0.05, 0) is 27.9 Å². The Morgan fingerprint density at radius 3 is 2.65 bits per heavy atom. The van der Waals surface area contributed by atoms with Crippen LogP contribution in [0.3, 0.4) is 0 Å². The van der Waals surface area contributed by atoms with E-state index in [2.05, 4.69) is 15.1 Å². The number of aromatic nitrogens is 2. The lowest BCUT2D eigenvalue weighted by Gasteiger charge is -2.29. The summed E-state index contributed by atoms with van der Waals surface area (Å²) in [6, 6.07) is 0.136. The second kappa shape index (κ2) is 5.67. The second-order valence-corrected chi connectivity index (χ2v) is 4.40. The first kappa shape index (κ1) is 13.5. The van der Waals surface area contributed by atoms with Crippen molar-refractivity contribution >= 4 is 11.7 Å². The molecule has 0 aromatic carbocycles. The summed E-state index contributed by atoms with van der Waals surface area (Å²) < 4.78 is 0. The van der Waals surface area contributed by atoms with E-state index in [0.717, 1.165) is 6.54 Å². The van der Waals surface area contributed by atoms with Gasteiger partial charge in [0, 0.05) is 19.1 Å². The molecule has 3 N–H and O–H groups in total. The summed E-state index contributed by atoms with van der Waals surface area (Å²) in [4.78, 5) is 16.1. The summed E-state index contributed by atoms with van der Waals surface area (Å²) in [6.45, 7) is 5.45. The molecule has 1 aromatic heterocycles. The number of carbonyl (C=O) groups excluding carboxylic acids is 1. The molecule has 1 rings (SSSR count). The molecule has 1 aromatic rings. The lowest BCUT2D eigenvalue weighted by Crippen LogP contribution is -2.43. The van der Waals surface area contributed by atoms with Gasteiger partial charge in [0.2, 0.25) is 0 Å². The summed E-state index contributed by atoms with van der Waals surface area (Å²) in [5, 5.41) is 6.35. The van der Waals surface area contributed by atoms with Gasteiger partial charge in [-0.3, -0.25) is 9.89 Å². The molecule has 0 aliphatic heterocycles. The number of hydrogen-bond donors (Lipinski definition) is 2. The van der Waals surface area contributed by atoms with Gasteiger partial charge in [0.1, 0.15) is 11.4 Å². The van der Waals surface area contributed by atoms with E-state index in [0.29, 0.717) is 17.9 Å². The molecule has 0 bridgehead atoms. The molecule has 6 heteroatoms. The zero-order chi connectivity index (χ0) is 13.0. The largest absolute Gasteiger partial charge is 0.383 e. The zero-order valence-electron chi connectivity index (χ0n) is 10.9. The Bertz CT molecular complexity index is 374. The van der Waals surface area contributed by atoms with Gasteiger partial charge in [0.25, 0.3) is 5.91 Å². The maximum atomic E-state index is 12.2. The number of rotatable bonds is 5. The molecule has 0 fully saturated rings. The van der Waals surface area contributed by atoms with E-state index in [1.54, 1.807) is 4.90 Å². The molecule has 6 nitrogen and oxygen atoms in total. The van der Waals surface area contributed by atoms with Crippen LogP contribution >= 0.6 is 0 Å². The number of nitrogens with two attached hydrogens (primary N) is 1. The van der Waals surface area contributed by atoms with Crippen LogP contribution < -0.4 is 5.73 Å². The molecule has 0 spiro atoms. The first-order valence-corrected chi connectivity index (χ1v) is 5.71.